The maximum Gasteiger partial charge on any atom is 0.131 e. The van der Waals surface area contributed by atoms with Crippen molar-refractivity contribution in [3.05, 3.63) is 0 Å². The zero-order chi connectivity index (χ0) is 9.73. The minimum Gasteiger partial charge on any atom is -0.196 e. The molecule has 0 spiro atoms. The van der Waals surface area contributed by atoms with Crippen LogP contribution >= 0.6 is 11.6 Å². The van der Waals surface area contributed by atoms with Crippen LogP contribution < -0.4 is 0 Å². The molecule has 0 radical (unpaired) electrons. The topological polar surface area (TPSA) is 23.8 Å². The molecular formula is C11H18ClN. The van der Waals surface area contributed by atoms with Gasteiger partial charge in [-0.15, -0.1) is 11.6 Å². The molecule has 0 aromatic carbocycles. The summed E-state index contributed by atoms with van der Waals surface area (Å²) < 4.78 is 0. The highest BCUT2D eigenvalue weighted by atomic mass is 35.5. The molecular weight excluding hydrogens is 182 g/mol. The summed E-state index contributed by atoms with van der Waals surface area (Å²) in [5.74, 6) is 0.818. The van der Waals surface area contributed by atoms with Gasteiger partial charge >= 0.3 is 0 Å². The van der Waals surface area contributed by atoms with Crippen LogP contribution in [-0.4, -0.2) is 4.87 Å². The molecule has 0 bridgehead atoms. The molecule has 0 heterocycles. The van der Waals surface area contributed by atoms with Crippen molar-refractivity contribution < 1.29 is 0 Å². The van der Waals surface area contributed by atoms with Crippen LogP contribution in [0, 0.1) is 17.2 Å². The molecule has 0 aliphatic heterocycles. The molecule has 1 fully saturated rings. The molecule has 13 heavy (non-hydrogen) atoms. The van der Waals surface area contributed by atoms with Crippen molar-refractivity contribution in [1.29, 1.82) is 5.26 Å². The number of rotatable bonds is 2. The lowest BCUT2D eigenvalue weighted by Crippen LogP contribution is -2.17. The first-order valence-electron chi connectivity index (χ1n) is 5.30. The van der Waals surface area contributed by atoms with Crippen molar-refractivity contribution >= 4 is 11.6 Å². The number of hydrogen-bond acceptors (Lipinski definition) is 1. The van der Waals surface area contributed by atoms with Gasteiger partial charge in [-0.2, -0.15) is 5.26 Å². The third-order valence-corrected chi connectivity index (χ3v) is 3.49. The smallest absolute Gasteiger partial charge is 0.131 e. The summed E-state index contributed by atoms with van der Waals surface area (Å²) in [5.41, 5.74) is 0. The Morgan fingerprint density at radius 2 is 2.23 bits per heavy atom. The highest BCUT2D eigenvalue weighted by molar-refractivity contribution is 6.25. The highest BCUT2D eigenvalue weighted by Crippen LogP contribution is 2.36. The summed E-state index contributed by atoms with van der Waals surface area (Å²) in [6, 6.07) is 2.25. The molecule has 74 valence electrons. The van der Waals surface area contributed by atoms with Crippen LogP contribution in [0.1, 0.15) is 51.9 Å². The van der Waals surface area contributed by atoms with Gasteiger partial charge < -0.3 is 0 Å². The molecule has 1 aliphatic rings. The average molecular weight is 200 g/mol. The Kier molecular flexibility index (Phi) is 4.06. The van der Waals surface area contributed by atoms with Gasteiger partial charge in [-0.1, -0.05) is 32.6 Å². The predicted molar refractivity (Wildman–Crippen MR) is 55.7 cm³/mol. The van der Waals surface area contributed by atoms with E-state index in [4.69, 9.17) is 16.9 Å². The lowest BCUT2D eigenvalue weighted by Gasteiger charge is -2.15. The van der Waals surface area contributed by atoms with Gasteiger partial charge in [0, 0.05) is 0 Å². The van der Waals surface area contributed by atoms with E-state index in [1.165, 1.54) is 19.3 Å². The fourth-order valence-corrected chi connectivity index (χ4v) is 2.42. The Morgan fingerprint density at radius 1 is 1.46 bits per heavy atom. The van der Waals surface area contributed by atoms with Crippen LogP contribution in [0.25, 0.3) is 0 Å². The monoisotopic (exact) mass is 199 g/mol. The van der Waals surface area contributed by atoms with Gasteiger partial charge in [0.15, 0.2) is 0 Å². The fraction of sp³-hybridized carbons (Fsp3) is 0.909. The van der Waals surface area contributed by atoms with Crippen molar-refractivity contribution in [3.8, 4) is 6.07 Å². The second-order valence-corrected chi connectivity index (χ2v) is 4.89. The number of nitriles is 1. The zero-order valence-electron chi connectivity index (χ0n) is 8.35. The van der Waals surface area contributed by atoms with E-state index in [-0.39, 0.29) is 0 Å². The molecule has 2 unspecified atom stereocenters. The van der Waals surface area contributed by atoms with Crippen molar-refractivity contribution in [2.24, 2.45) is 5.92 Å². The van der Waals surface area contributed by atoms with E-state index in [2.05, 4.69) is 13.0 Å². The SMILES string of the molecule is CCCC1CCCC(Cl)(C#N)CC1. The lowest BCUT2D eigenvalue weighted by molar-refractivity contribution is 0.421. The average Bonchev–Trinajstić information content (AvgIpc) is 2.31. The van der Waals surface area contributed by atoms with Crippen LogP contribution in [0.15, 0.2) is 0 Å². The van der Waals surface area contributed by atoms with E-state index in [1.807, 2.05) is 0 Å². The van der Waals surface area contributed by atoms with Gasteiger partial charge in [-0.25, -0.2) is 0 Å². The van der Waals surface area contributed by atoms with E-state index in [0.29, 0.717) is 0 Å². The van der Waals surface area contributed by atoms with Gasteiger partial charge in [0.1, 0.15) is 4.87 Å². The van der Waals surface area contributed by atoms with Crippen molar-refractivity contribution in [2.45, 2.75) is 56.7 Å². The maximum absolute atomic E-state index is 8.91. The zero-order valence-corrected chi connectivity index (χ0v) is 9.11. The summed E-state index contributed by atoms with van der Waals surface area (Å²) in [6.07, 6.45) is 7.86. The summed E-state index contributed by atoms with van der Waals surface area (Å²) in [7, 11) is 0. The highest BCUT2D eigenvalue weighted by Gasteiger charge is 2.30. The molecule has 1 rings (SSSR count). The lowest BCUT2D eigenvalue weighted by atomic mass is 9.94. The van der Waals surface area contributed by atoms with Crippen molar-refractivity contribution in [3.63, 3.8) is 0 Å². The molecule has 0 aromatic rings. The Balaban J connectivity index is 2.45. The Labute approximate surface area is 86.1 Å². The maximum atomic E-state index is 8.91. The number of halogens is 1. The second kappa shape index (κ2) is 4.86. The predicted octanol–water partition coefficient (Wildman–Crippen LogP) is 3.87. The summed E-state index contributed by atoms with van der Waals surface area (Å²) in [5, 5.41) is 8.91. The number of nitrogens with zero attached hydrogens (tertiary/aromatic N) is 1. The Morgan fingerprint density at radius 3 is 2.85 bits per heavy atom. The standard InChI is InChI=1S/C11H18ClN/c1-2-4-10-5-3-7-11(12,9-13)8-6-10/h10H,2-8H2,1H3. The minimum atomic E-state index is -0.539. The summed E-state index contributed by atoms with van der Waals surface area (Å²) in [4.78, 5) is -0.539. The number of hydrogen-bond donors (Lipinski definition) is 0. The Bertz CT molecular complexity index is 197. The molecule has 1 aliphatic carbocycles. The fourth-order valence-electron chi connectivity index (χ4n) is 2.18. The van der Waals surface area contributed by atoms with Crippen molar-refractivity contribution in [2.75, 3.05) is 0 Å². The van der Waals surface area contributed by atoms with Crippen LogP contribution in [0.5, 0.6) is 0 Å². The van der Waals surface area contributed by atoms with Gasteiger partial charge in [0.25, 0.3) is 0 Å². The summed E-state index contributed by atoms with van der Waals surface area (Å²) >= 11 is 6.17. The quantitative estimate of drug-likeness (QED) is 0.489. The largest absolute Gasteiger partial charge is 0.196 e. The van der Waals surface area contributed by atoms with Crippen molar-refractivity contribution in [1.82, 2.24) is 0 Å². The Hall–Kier alpha value is -0.220. The molecule has 2 atom stereocenters. The molecule has 1 nitrogen and oxygen atoms in total. The number of alkyl halides is 1. The third kappa shape index (κ3) is 3.19. The van der Waals surface area contributed by atoms with Gasteiger partial charge in [-0.3, -0.25) is 0 Å². The van der Waals surface area contributed by atoms with Gasteiger partial charge in [-0.05, 0) is 25.2 Å². The normalized spacial score (nSPS) is 35.0. The van der Waals surface area contributed by atoms with E-state index >= 15 is 0 Å². The third-order valence-electron chi connectivity index (χ3n) is 3.03. The molecule has 1 saturated carbocycles. The van der Waals surface area contributed by atoms with Gasteiger partial charge in [0.2, 0.25) is 0 Å². The van der Waals surface area contributed by atoms with E-state index in [1.54, 1.807) is 0 Å². The van der Waals surface area contributed by atoms with Crippen LogP contribution in [0.4, 0.5) is 0 Å². The minimum absolute atomic E-state index is 0.539. The van der Waals surface area contributed by atoms with E-state index in [0.717, 1.165) is 31.6 Å². The second-order valence-electron chi connectivity index (χ2n) is 4.16. The first-order chi connectivity index (χ1) is 6.20. The summed E-state index contributed by atoms with van der Waals surface area (Å²) in [6.45, 7) is 2.23. The molecule has 0 saturated heterocycles. The first kappa shape index (κ1) is 10.9. The van der Waals surface area contributed by atoms with Crippen LogP contribution in [0.2, 0.25) is 0 Å². The van der Waals surface area contributed by atoms with E-state index in [9.17, 15) is 0 Å². The molecule has 0 N–H and O–H groups in total. The van der Waals surface area contributed by atoms with Crippen LogP contribution in [-0.2, 0) is 0 Å². The van der Waals surface area contributed by atoms with Crippen LogP contribution in [0.3, 0.4) is 0 Å². The van der Waals surface area contributed by atoms with Gasteiger partial charge in [0.05, 0.1) is 6.07 Å². The first-order valence-corrected chi connectivity index (χ1v) is 5.68. The molecule has 0 aromatic heterocycles. The molecule has 2 heteroatoms. The van der Waals surface area contributed by atoms with E-state index < -0.39 is 4.87 Å². The molecule has 0 amide bonds.